The normalized spacial score (nSPS) is 23.6. The average Bonchev–Trinajstić information content (AvgIpc) is 3.12. The molecular formula is C12H15BrN4O. The molecule has 3 rings (SSSR count). The second kappa shape index (κ2) is 4.50. The number of carbonyl (C=O) groups is 1. The number of hydrogen-bond donors (Lipinski definition) is 1. The van der Waals surface area contributed by atoms with Crippen LogP contribution >= 0.6 is 15.9 Å². The molecular weight excluding hydrogens is 296 g/mol. The lowest BCUT2D eigenvalue weighted by Gasteiger charge is -2.13. The fourth-order valence-electron chi connectivity index (χ4n) is 2.17. The van der Waals surface area contributed by atoms with Gasteiger partial charge in [-0.1, -0.05) is 0 Å². The first-order valence-electron chi connectivity index (χ1n) is 6.19. The molecule has 1 aliphatic carbocycles. The van der Waals surface area contributed by atoms with Crippen LogP contribution in [0.5, 0.6) is 0 Å². The summed E-state index contributed by atoms with van der Waals surface area (Å²) >= 11 is 3.40. The fourth-order valence-corrected chi connectivity index (χ4v) is 2.57. The van der Waals surface area contributed by atoms with Gasteiger partial charge in [0.1, 0.15) is 22.3 Å². The highest BCUT2D eigenvalue weighted by Gasteiger charge is 2.30. The van der Waals surface area contributed by atoms with E-state index in [1.54, 1.807) is 4.90 Å². The van der Waals surface area contributed by atoms with E-state index in [9.17, 15) is 4.79 Å². The first-order chi connectivity index (χ1) is 8.63. The van der Waals surface area contributed by atoms with Crippen molar-refractivity contribution in [3.63, 3.8) is 0 Å². The largest absolute Gasteiger partial charge is 0.358 e. The van der Waals surface area contributed by atoms with Gasteiger partial charge in [-0.2, -0.15) is 0 Å². The Kier molecular flexibility index (Phi) is 2.97. The summed E-state index contributed by atoms with van der Waals surface area (Å²) in [5.41, 5.74) is 0. The van der Waals surface area contributed by atoms with Crippen LogP contribution in [-0.4, -0.2) is 40.4 Å². The molecule has 5 nitrogen and oxygen atoms in total. The van der Waals surface area contributed by atoms with Crippen LogP contribution in [0.3, 0.4) is 0 Å². The molecule has 6 heteroatoms. The summed E-state index contributed by atoms with van der Waals surface area (Å²) in [5.74, 6) is 2.26. The lowest BCUT2D eigenvalue weighted by molar-refractivity contribution is -0.127. The third-order valence-corrected chi connectivity index (χ3v) is 3.81. The number of likely N-dealkylation sites (N-methyl/N-ethyl adjacent to an activating group) is 1. The maximum absolute atomic E-state index is 11.8. The van der Waals surface area contributed by atoms with Crippen molar-refractivity contribution >= 4 is 27.7 Å². The molecule has 1 amide bonds. The van der Waals surface area contributed by atoms with Gasteiger partial charge in [0.15, 0.2) is 0 Å². The van der Waals surface area contributed by atoms with Gasteiger partial charge in [-0.15, -0.1) is 0 Å². The molecule has 1 saturated heterocycles. The predicted molar refractivity (Wildman–Crippen MR) is 71.4 cm³/mol. The van der Waals surface area contributed by atoms with E-state index in [1.165, 1.54) is 12.8 Å². The Bertz CT molecular complexity index is 489. The Morgan fingerprint density at radius 2 is 2.17 bits per heavy atom. The molecule has 2 heterocycles. The number of nitrogens with zero attached hydrogens (tertiary/aromatic N) is 3. The third kappa shape index (κ3) is 2.34. The zero-order chi connectivity index (χ0) is 12.7. The van der Waals surface area contributed by atoms with E-state index in [2.05, 4.69) is 31.2 Å². The van der Waals surface area contributed by atoms with Gasteiger partial charge in [-0.05, 0) is 35.2 Å². The van der Waals surface area contributed by atoms with Crippen molar-refractivity contribution in [3.8, 4) is 0 Å². The number of hydrogen-bond acceptors (Lipinski definition) is 4. The van der Waals surface area contributed by atoms with Crippen LogP contribution in [0, 0.1) is 0 Å². The molecule has 0 radical (unpaired) electrons. The van der Waals surface area contributed by atoms with Gasteiger partial charge in [0.2, 0.25) is 5.91 Å². The Balaban J connectivity index is 1.78. The number of nitrogens with one attached hydrogen (secondary N) is 1. The number of halogens is 1. The third-order valence-electron chi connectivity index (χ3n) is 3.40. The van der Waals surface area contributed by atoms with Gasteiger partial charge in [0.25, 0.3) is 0 Å². The first kappa shape index (κ1) is 11.9. The second-order valence-electron chi connectivity index (χ2n) is 4.95. The molecule has 1 unspecified atom stereocenters. The Morgan fingerprint density at radius 1 is 1.39 bits per heavy atom. The number of aromatic nitrogens is 2. The van der Waals surface area contributed by atoms with Crippen molar-refractivity contribution in [2.45, 2.75) is 31.2 Å². The molecule has 1 aliphatic heterocycles. The van der Waals surface area contributed by atoms with Crippen molar-refractivity contribution in [2.75, 3.05) is 18.9 Å². The minimum Gasteiger partial charge on any atom is -0.358 e. The van der Waals surface area contributed by atoms with E-state index in [-0.39, 0.29) is 11.9 Å². The van der Waals surface area contributed by atoms with Gasteiger partial charge in [0, 0.05) is 25.6 Å². The monoisotopic (exact) mass is 310 g/mol. The number of rotatable bonds is 3. The second-order valence-corrected chi connectivity index (χ2v) is 5.77. The number of likely N-dealkylation sites (tertiary alicyclic amines) is 1. The lowest BCUT2D eigenvalue weighted by Crippen LogP contribution is -2.31. The van der Waals surface area contributed by atoms with Crippen molar-refractivity contribution in [3.05, 3.63) is 16.5 Å². The van der Waals surface area contributed by atoms with Crippen molar-refractivity contribution in [1.82, 2.24) is 14.9 Å². The van der Waals surface area contributed by atoms with Crippen molar-refractivity contribution in [2.24, 2.45) is 0 Å². The van der Waals surface area contributed by atoms with Crippen LogP contribution in [0.15, 0.2) is 10.7 Å². The van der Waals surface area contributed by atoms with Crippen LogP contribution in [0.4, 0.5) is 5.82 Å². The Morgan fingerprint density at radius 3 is 2.78 bits per heavy atom. The van der Waals surface area contributed by atoms with E-state index in [1.807, 2.05) is 13.1 Å². The molecule has 0 spiro atoms. The Labute approximate surface area is 114 Å². The SMILES string of the molecule is CN1CCC(Nc2cc(Br)nc(C3CC3)n2)C1=O. The van der Waals surface area contributed by atoms with Crippen molar-refractivity contribution < 1.29 is 4.79 Å². The summed E-state index contributed by atoms with van der Waals surface area (Å²) in [5, 5.41) is 3.21. The molecule has 2 aliphatic rings. The van der Waals surface area contributed by atoms with E-state index in [4.69, 9.17) is 0 Å². The average molecular weight is 311 g/mol. The highest BCUT2D eigenvalue weighted by Crippen LogP contribution is 2.38. The minimum absolute atomic E-state index is 0.137. The summed E-state index contributed by atoms with van der Waals surface area (Å²) in [4.78, 5) is 22.4. The molecule has 96 valence electrons. The molecule has 1 saturated carbocycles. The zero-order valence-corrected chi connectivity index (χ0v) is 11.8. The number of amides is 1. The van der Waals surface area contributed by atoms with Gasteiger partial charge >= 0.3 is 0 Å². The molecule has 1 aromatic heterocycles. The number of carbonyl (C=O) groups excluding carboxylic acids is 1. The molecule has 1 aromatic rings. The molecule has 1 atom stereocenters. The summed E-state index contributed by atoms with van der Waals surface area (Å²) in [7, 11) is 1.83. The molecule has 18 heavy (non-hydrogen) atoms. The molecule has 0 aromatic carbocycles. The fraction of sp³-hybridized carbons (Fsp3) is 0.583. The van der Waals surface area contributed by atoms with Crippen LogP contribution < -0.4 is 5.32 Å². The topological polar surface area (TPSA) is 58.1 Å². The van der Waals surface area contributed by atoms with E-state index in [0.29, 0.717) is 5.92 Å². The summed E-state index contributed by atoms with van der Waals surface area (Å²) < 4.78 is 0.778. The summed E-state index contributed by atoms with van der Waals surface area (Å²) in [6, 6.07) is 1.68. The summed E-state index contributed by atoms with van der Waals surface area (Å²) in [6.45, 7) is 0.804. The van der Waals surface area contributed by atoms with Gasteiger partial charge in [-0.3, -0.25) is 4.79 Å². The molecule has 0 bridgehead atoms. The number of anilines is 1. The van der Waals surface area contributed by atoms with Crippen LogP contribution in [-0.2, 0) is 4.79 Å². The Hall–Kier alpha value is -1.17. The minimum atomic E-state index is -0.149. The van der Waals surface area contributed by atoms with E-state index < -0.39 is 0 Å². The van der Waals surface area contributed by atoms with Crippen LogP contribution in [0.1, 0.15) is 31.0 Å². The first-order valence-corrected chi connectivity index (χ1v) is 6.99. The van der Waals surface area contributed by atoms with Crippen LogP contribution in [0.25, 0.3) is 0 Å². The standard InChI is InChI=1S/C12H15BrN4O/c1-17-5-4-8(12(17)18)14-10-6-9(13)15-11(16-10)7-2-3-7/h6-8H,2-5H2,1H3,(H,14,15,16). The molecule has 2 fully saturated rings. The van der Waals surface area contributed by atoms with Gasteiger partial charge in [0.05, 0.1) is 0 Å². The van der Waals surface area contributed by atoms with Crippen LogP contribution in [0.2, 0.25) is 0 Å². The van der Waals surface area contributed by atoms with E-state index in [0.717, 1.165) is 29.2 Å². The maximum atomic E-state index is 11.8. The summed E-state index contributed by atoms with van der Waals surface area (Å²) in [6.07, 6.45) is 3.16. The van der Waals surface area contributed by atoms with Crippen molar-refractivity contribution in [1.29, 1.82) is 0 Å². The smallest absolute Gasteiger partial charge is 0.244 e. The molecule has 1 N–H and O–H groups in total. The highest BCUT2D eigenvalue weighted by molar-refractivity contribution is 9.10. The highest BCUT2D eigenvalue weighted by atomic mass is 79.9. The zero-order valence-electron chi connectivity index (χ0n) is 10.2. The maximum Gasteiger partial charge on any atom is 0.244 e. The van der Waals surface area contributed by atoms with Gasteiger partial charge in [-0.25, -0.2) is 9.97 Å². The quantitative estimate of drug-likeness (QED) is 0.864. The predicted octanol–water partition coefficient (Wildman–Crippen LogP) is 1.76. The van der Waals surface area contributed by atoms with Gasteiger partial charge < -0.3 is 10.2 Å². The lowest BCUT2D eigenvalue weighted by atomic mass is 10.2. The van der Waals surface area contributed by atoms with E-state index >= 15 is 0 Å².